The maximum atomic E-state index is 11.6. The fourth-order valence-corrected chi connectivity index (χ4v) is 8.88. The topological polar surface area (TPSA) is 46.5 Å². The highest BCUT2D eigenvalue weighted by molar-refractivity contribution is 5.69. The molecule has 0 aliphatic heterocycles. The summed E-state index contributed by atoms with van der Waals surface area (Å²) in [6.07, 6.45) is 13.1. The third-order valence-corrected chi connectivity index (χ3v) is 10.4. The highest BCUT2D eigenvalue weighted by atomic mass is 16.5. The van der Waals surface area contributed by atoms with Crippen molar-refractivity contribution in [3.63, 3.8) is 0 Å². The SMILES string of the molecule is COC(=O)CC[C@@H](C)[C@H]1CCC2[C@H]3C(CC[C@@]21C)[C@@]1(C)CCCCC1C[C@@H]3O. The fourth-order valence-electron chi connectivity index (χ4n) is 8.88. The molecule has 0 radical (unpaired) electrons. The third kappa shape index (κ3) is 3.15. The van der Waals surface area contributed by atoms with Gasteiger partial charge in [-0.1, -0.05) is 33.6 Å². The average molecular weight is 391 g/mol. The van der Waals surface area contributed by atoms with E-state index in [1.807, 2.05) is 0 Å². The molecule has 0 aromatic heterocycles. The highest BCUT2D eigenvalue weighted by Crippen LogP contribution is 2.68. The van der Waals surface area contributed by atoms with Gasteiger partial charge in [-0.3, -0.25) is 4.79 Å². The van der Waals surface area contributed by atoms with Gasteiger partial charge in [0.25, 0.3) is 0 Å². The summed E-state index contributed by atoms with van der Waals surface area (Å²) in [5.41, 5.74) is 0.813. The summed E-state index contributed by atoms with van der Waals surface area (Å²) >= 11 is 0. The lowest BCUT2D eigenvalue weighted by Gasteiger charge is -2.62. The molecule has 160 valence electrons. The Morgan fingerprint density at radius 2 is 1.82 bits per heavy atom. The van der Waals surface area contributed by atoms with E-state index in [0.29, 0.717) is 40.9 Å². The van der Waals surface area contributed by atoms with Crippen LogP contribution < -0.4 is 0 Å². The molecule has 0 saturated heterocycles. The number of hydrogen-bond donors (Lipinski definition) is 1. The van der Waals surface area contributed by atoms with E-state index in [2.05, 4.69) is 20.8 Å². The molecule has 4 saturated carbocycles. The number of carbonyl (C=O) groups is 1. The van der Waals surface area contributed by atoms with Crippen molar-refractivity contribution in [2.75, 3.05) is 7.11 Å². The van der Waals surface area contributed by atoms with Crippen LogP contribution in [-0.4, -0.2) is 24.3 Å². The number of aliphatic hydroxyl groups excluding tert-OH is 1. The van der Waals surface area contributed by atoms with Crippen LogP contribution in [0.4, 0.5) is 0 Å². The van der Waals surface area contributed by atoms with Gasteiger partial charge in [-0.15, -0.1) is 0 Å². The van der Waals surface area contributed by atoms with Crippen LogP contribution >= 0.6 is 0 Å². The molecule has 0 bridgehead atoms. The van der Waals surface area contributed by atoms with Crippen molar-refractivity contribution < 1.29 is 14.6 Å². The third-order valence-electron chi connectivity index (χ3n) is 10.4. The summed E-state index contributed by atoms with van der Waals surface area (Å²) in [5, 5.41) is 11.3. The van der Waals surface area contributed by atoms with Crippen molar-refractivity contribution in [3.8, 4) is 0 Å². The van der Waals surface area contributed by atoms with Crippen LogP contribution in [0.25, 0.3) is 0 Å². The minimum absolute atomic E-state index is 0.0748. The predicted molar refractivity (Wildman–Crippen MR) is 112 cm³/mol. The van der Waals surface area contributed by atoms with Crippen LogP contribution in [0.3, 0.4) is 0 Å². The zero-order valence-corrected chi connectivity index (χ0v) is 18.6. The lowest BCUT2D eigenvalue weighted by Crippen LogP contribution is -2.57. The summed E-state index contributed by atoms with van der Waals surface area (Å²) in [5.74, 6) is 3.83. The van der Waals surface area contributed by atoms with E-state index in [9.17, 15) is 9.90 Å². The van der Waals surface area contributed by atoms with Gasteiger partial charge in [0.15, 0.2) is 0 Å². The van der Waals surface area contributed by atoms with Gasteiger partial charge in [0.1, 0.15) is 0 Å². The monoisotopic (exact) mass is 390 g/mol. The lowest BCUT2D eigenvalue weighted by molar-refractivity contribution is -0.164. The lowest BCUT2D eigenvalue weighted by atomic mass is 9.44. The normalized spacial score (nSPS) is 48.9. The Morgan fingerprint density at radius 3 is 2.57 bits per heavy atom. The van der Waals surface area contributed by atoms with E-state index in [1.54, 1.807) is 0 Å². The van der Waals surface area contributed by atoms with E-state index in [-0.39, 0.29) is 12.1 Å². The van der Waals surface area contributed by atoms with Crippen LogP contribution in [0.2, 0.25) is 0 Å². The second-order valence-electron chi connectivity index (χ2n) is 11.4. The molecule has 0 spiro atoms. The van der Waals surface area contributed by atoms with E-state index in [0.717, 1.165) is 24.7 Å². The molecule has 28 heavy (non-hydrogen) atoms. The number of methoxy groups -OCH3 is 1. The molecule has 1 N–H and O–H groups in total. The zero-order chi connectivity index (χ0) is 20.1. The van der Waals surface area contributed by atoms with Crippen LogP contribution in [0.5, 0.6) is 0 Å². The number of rotatable bonds is 4. The number of fused-ring (bicyclic) bond motifs is 5. The molecule has 0 heterocycles. The van der Waals surface area contributed by atoms with E-state index >= 15 is 0 Å². The first-order valence-electron chi connectivity index (χ1n) is 12.1. The summed E-state index contributed by atoms with van der Waals surface area (Å²) in [6.45, 7) is 7.46. The van der Waals surface area contributed by atoms with Gasteiger partial charge in [-0.05, 0) is 97.7 Å². The Balaban J connectivity index is 1.53. The quantitative estimate of drug-likeness (QED) is 0.636. The second kappa shape index (κ2) is 7.60. The van der Waals surface area contributed by atoms with Crippen molar-refractivity contribution in [2.45, 2.75) is 97.5 Å². The Morgan fingerprint density at radius 1 is 1.07 bits per heavy atom. The first-order chi connectivity index (χ1) is 13.3. The molecule has 3 unspecified atom stereocenters. The van der Waals surface area contributed by atoms with Crippen molar-refractivity contribution >= 4 is 5.97 Å². The first kappa shape index (κ1) is 20.7. The Bertz CT molecular complexity index is 588. The fraction of sp³-hybridized carbons (Fsp3) is 0.960. The van der Waals surface area contributed by atoms with Gasteiger partial charge in [0.2, 0.25) is 0 Å². The summed E-state index contributed by atoms with van der Waals surface area (Å²) in [7, 11) is 1.49. The maximum Gasteiger partial charge on any atom is 0.305 e. The molecular weight excluding hydrogens is 348 g/mol. The summed E-state index contributed by atoms with van der Waals surface area (Å²) in [4.78, 5) is 11.6. The van der Waals surface area contributed by atoms with Crippen molar-refractivity contribution in [1.29, 1.82) is 0 Å². The number of hydrogen-bond acceptors (Lipinski definition) is 3. The summed E-state index contributed by atoms with van der Waals surface area (Å²) < 4.78 is 4.87. The molecule has 4 rings (SSSR count). The van der Waals surface area contributed by atoms with Gasteiger partial charge in [-0.2, -0.15) is 0 Å². The second-order valence-corrected chi connectivity index (χ2v) is 11.4. The van der Waals surface area contributed by atoms with Crippen LogP contribution in [0.15, 0.2) is 0 Å². The molecule has 3 nitrogen and oxygen atoms in total. The molecular formula is C25H42O3. The molecule has 9 atom stereocenters. The Kier molecular flexibility index (Phi) is 5.61. The van der Waals surface area contributed by atoms with E-state index in [1.165, 1.54) is 58.5 Å². The molecule has 4 fully saturated rings. The predicted octanol–water partition coefficient (Wildman–Crippen LogP) is 5.60. The van der Waals surface area contributed by atoms with Gasteiger partial charge in [0, 0.05) is 6.42 Å². The molecule has 0 aromatic rings. The molecule has 3 heteroatoms. The van der Waals surface area contributed by atoms with Crippen LogP contribution in [0, 0.1) is 46.3 Å². The van der Waals surface area contributed by atoms with Gasteiger partial charge < -0.3 is 9.84 Å². The zero-order valence-electron chi connectivity index (χ0n) is 18.6. The van der Waals surface area contributed by atoms with Crippen molar-refractivity contribution in [3.05, 3.63) is 0 Å². The molecule has 0 amide bonds. The first-order valence-corrected chi connectivity index (χ1v) is 12.1. The largest absolute Gasteiger partial charge is 0.469 e. The molecule has 4 aliphatic rings. The number of aliphatic hydroxyl groups is 1. The summed E-state index contributed by atoms with van der Waals surface area (Å²) in [6, 6.07) is 0. The smallest absolute Gasteiger partial charge is 0.305 e. The van der Waals surface area contributed by atoms with Gasteiger partial charge >= 0.3 is 5.97 Å². The number of carbonyl (C=O) groups excluding carboxylic acids is 1. The highest BCUT2D eigenvalue weighted by Gasteiger charge is 2.62. The standard InChI is InChI=1S/C25H42O3/c1-16(8-11-22(27)28-4)18-9-10-19-23-20(12-14-25(18,19)3)24(2)13-6-5-7-17(24)15-21(23)26/h16-21,23,26H,5-15H2,1-4H3/t16-,17?,18-,19?,20?,21+,23+,24+,25-/m1/s1. The minimum Gasteiger partial charge on any atom is -0.469 e. The van der Waals surface area contributed by atoms with Crippen molar-refractivity contribution in [1.82, 2.24) is 0 Å². The molecule has 0 aromatic carbocycles. The maximum absolute atomic E-state index is 11.6. The van der Waals surface area contributed by atoms with E-state index in [4.69, 9.17) is 4.74 Å². The van der Waals surface area contributed by atoms with Gasteiger partial charge in [-0.25, -0.2) is 0 Å². The van der Waals surface area contributed by atoms with Gasteiger partial charge in [0.05, 0.1) is 13.2 Å². The number of esters is 1. The number of ether oxygens (including phenoxy) is 1. The molecule has 4 aliphatic carbocycles. The van der Waals surface area contributed by atoms with E-state index < -0.39 is 0 Å². The van der Waals surface area contributed by atoms with Crippen molar-refractivity contribution in [2.24, 2.45) is 46.3 Å². The Hall–Kier alpha value is -0.570. The Labute approximate surface area is 172 Å². The van der Waals surface area contributed by atoms with Crippen LogP contribution in [0.1, 0.15) is 91.4 Å². The average Bonchev–Trinajstić information content (AvgIpc) is 3.03. The minimum atomic E-state index is -0.0880. The van der Waals surface area contributed by atoms with Crippen LogP contribution in [-0.2, 0) is 9.53 Å².